The lowest BCUT2D eigenvalue weighted by molar-refractivity contribution is -0.274. The Morgan fingerprint density at radius 1 is 1.24 bits per heavy atom. The number of benzene rings is 1. The molecule has 1 aromatic heterocycles. The molecule has 0 saturated carbocycles. The molecule has 0 bridgehead atoms. The maximum absolute atomic E-state index is 12.0. The fourth-order valence-electron chi connectivity index (χ4n) is 1.95. The van der Waals surface area contributed by atoms with Gasteiger partial charge >= 0.3 is 6.36 Å². The van der Waals surface area contributed by atoms with Gasteiger partial charge in [0.1, 0.15) is 5.75 Å². The first-order chi connectivity index (χ1) is 9.82. The van der Waals surface area contributed by atoms with Crippen LogP contribution in [0.5, 0.6) is 5.75 Å². The zero-order chi connectivity index (χ0) is 15.5. The molecule has 7 heteroatoms. The van der Waals surface area contributed by atoms with Gasteiger partial charge in [-0.2, -0.15) is 5.10 Å². The minimum atomic E-state index is -4.67. The van der Waals surface area contributed by atoms with Crippen LogP contribution in [0.3, 0.4) is 0 Å². The Labute approximate surface area is 120 Å². The van der Waals surface area contributed by atoms with Crippen LogP contribution in [0, 0.1) is 0 Å². The van der Waals surface area contributed by atoms with E-state index in [1.807, 2.05) is 13.1 Å². The summed E-state index contributed by atoms with van der Waals surface area (Å²) in [4.78, 5) is 0. The number of nitrogens with zero attached hydrogens (tertiary/aromatic N) is 2. The minimum Gasteiger partial charge on any atom is -0.406 e. The van der Waals surface area contributed by atoms with Crippen LogP contribution >= 0.6 is 0 Å². The topological polar surface area (TPSA) is 53.1 Å². The van der Waals surface area contributed by atoms with E-state index in [2.05, 4.69) is 9.84 Å². The average molecular weight is 299 g/mol. The quantitative estimate of drug-likeness (QED) is 0.923. The van der Waals surface area contributed by atoms with Crippen molar-refractivity contribution < 1.29 is 17.9 Å². The van der Waals surface area contributed by atoms with E-state index in [9.17, 15) is 13.2 Å². The number of hydrogen-bond acceptors (Lipinski definition) is 3. The summed E-state index contributed by atoms with van der Waals surface area (Å²) >= 11 is 0. The normalized spacial score (nSPS) is 13.2. The number of hydrogen-bond donors (Lipinski definition) is 1. The second-order valence-corrected chi connectivity index (χ2v) is 4.92. The summed E-state index contributed by atoms with van der Waals surface area (Å²) in [5.41, 5.74) is 7.57. The van der Waals surface area contributed by atoms with E-state index in [-0.39, 0.29) is 11.8 Å². The van der Waals surface area contributed by atoms with Gasteiger partial charge in [0.2, 0.25) is 0 Å². The van der Waals surface area contributed by atoms with Gasteiger partial charge in [-0.25, -0.2) is 0 Å². The first-order valence-corrected chi connectivity index (χ1v) is 6.43. The second-order valence-electron chi connectivity index (χ2n) is 4.92. The molecule has 21 heavy (non-hydrogen) atoms. The number of halogens is 3. The Bertz CT molecular complexity index is 576. The minimum absolute atomic E-state index is 0.0569. The third-order valence-electron chi connectivity index (χ3n) is 2.75. The molecule has 1 aromatic carbocycles. The maximum atomic E-state index is 12.0. The molecular weight excluding hydrogens is 283 g/mol. The third kappa shape index (κ3) is 5.11. The number of aromatic nitrogens is 2. The van der Waals surface area contributed by atoms with Crippen molar-refractivity contribution in [2.45, 2.75) is 32.3 Å². The van der Waals surface area contributed by atoms with Crippen LogP contribution in [-0.2, 0) is 13.0 Å². The molecule has 0 spiro atoms. The van der Waals surface area contributed by atoms with Crippen LogP contribution in [0.1, 0.15) is 18.1 Å². The monoisotopic (exact) mass is 299 g/mol. The van der Waals surface area contributed by atoms with Crippen LogP contribution in [-0.4, -0.2) is 22.2 Å². The van der Waals surface area contributed by atoms with Crippen molar-refractivity contribution in [3.8, 4) is 5.75 Å². The smallest absolute Gasteiger partial charge is 0.406 e. The highest BCUT2D eigenvalue weighted by Crippen LogP contribution is 2.22. The summed E-state index contributed by atoms with van der Waals surface area (Å²) in [6.07, 6.45) is -0.316. The van der Waals surface area contributed by atoms with E-state index in [4.69, 9.17) is 5.73 Å². The molecule has 2 N–H and O–H groups in total. The predicted molar refractivity (Wildman–Crippen MR) is 71.8 cm³/mol. The molecule has 0 radical (unpaired) electrons. The molecule has 0 fully saturated rings. The Morgan fingerprint density at radius 2 is 1.90 bits per heavy atom. The molecule has 2 aromatic rings. The molecule has 0 aliphatic rings. The largest absolute Gasteiger partial charge is 0.573 e. The van der Waals surface area contributed by atoms with Crippen LogP contribution in [0.25, 0.3) is 0 Å². The highest BCUT2D eigenvalue weighted by atomic mass is 19.4. The van der Waals surface area contributed by atoms with E-state index in [1.54, 1.807) is 23.0 Å². The summed E-state index contributed by atoms with van der Waals surface area (Å²) in [5, 5.41) is 4.20. The number of rotatable bonds is 5. The SMILES string of the molecule is CC(N)Cc1cnn(Cc2ccc(OC(F)(F)F)cc2)c1. The van der Waals surface area contributed by atoms with Crippen LogP contribution in [0.2, 0.25) is 0 Å². The molecular formula is C14H16F3N3O. The fourth-order valence-corrected chi connectivity index (χ4v) is 1.95. The van der Waals surface area contributed by atoms with Crippen LogP contribution < -0.4 is 10.5 Å². The lowest BCUT2D eigenvalue weighted by Crippen LogP contribution is -2.17. The Hall–Kier alpha value is -2.02. The van der Waals surface area contributed by atoms with Crippen molar-refractivity contribution in [1.82, 2.24) is 9.78 Å². The molecule has 114 valence electrons. The zero-order valence-electron chi connectivity index (χ0n) is 11.5. The van der Waals surface area contributed by atoms with Gasteiger partial charge in [0, 0.05) is 12.2 Å². The molecule has 0 amide bonds. The van der Waals surface area contributed by atoms with E-state index in [0.717, 1.165) is 17.5 Å². The third-order valence-corrected chi connectivity index (χ3v) is 2.75. The van der Waals surface area contributed by atoms with Crippen molar-refractivity contribution in [3.63, 3.8) is 0 Å². The number of alkyl halides is 3. The van der Waals surface area contributed by atoms with Crippen molar-refractivity contribution in [2.75, 3.05) is 0 Å². The first kappa shape index (κ1) is 15.4. The van der Waals surface area contributed by atoms with E-state index in [1.165, 1.54) is 12.1 Å². The van der Waals surface area contributed by atoms with Crippen LogP contribution in [0.4, 0.5) is 13.2 Å². The molecule has 0 saturated heterocycles. The number of ether oxygens (including phenoxy) is 1. The molecule has 0 aliphatic heterocycles. The van der Waals surface area contributed by atoms with E-state index >= 15 is 0 Å². The van der Waals surface area contributed by atoms with Gasteiger partial charge in [-0.3, -0.25) is 4.68 Å². The standard InChI is InChI=1S/C14H16F3N3O/c1-10(18)6-12-7-19-20(9-12)8-11-2-4-13(5-3-11)21-14(15,16)17/h2-5,7,9-10H,6,8,18H2,1H3. The lowest BCUT2D eigenvalue weighted by Gasteiger charge is -2.09. The molecule has 2 rings (SSSR count). The lowest BCUT2D eigenvalue weighted by atomic mass is 10.1. The summed E-state index contributed by atoms with van der Waals surface area (Å²) in [6, 6.07) is 5.79. The Morgan fingerprint density at radius 3 is 2.48 bits per heavy atom. The summed E-state index contributed by atoms with van der Waals surface area (Å²) in [6.45, 7) is 2.39. The van der Waals surface area contributed by atoms with E-state index < -0.39 is 6.36 Å². The van der Waals surface area contributed by atoms with Gasteiger partial charge in [0.25, 0.3) is 0 Å². The highest BCUT2D eigenvalue weighted by Gasteiger charge is 2.30. The van der Waals surface area contributed by atoms with Gasteiger partial charge < -0.3 is 10.5 Å². The van der Waals surface area contributed by atoms with Gasteiger partial charge in [-0.05, 0) is 36.6 Å². The van der Waals surface area contributed by atoms with Crippen LogP contribution in [0.15, 0.2) is 36.7 Å². The zero-order valence-corrected chi connectivity index (χ0v) is 11.5. The number of nitrogens with two attached hydrogens (primary N) is 1. The van der Waals surface area contributed by atoms with Gasteiger partial charge in [0.05, 0.1) is 12.7 Å². The summed E-state index contributed by atoms with van der Waals surface area (Å²) in [7, 11) is 0. The molecule has 1 unspecified atom stereocenters. The molecule has 1 atom stereocenters. The highest BCUT2D eigenvalue weighted by molar-refractivity contribution is 5.27. The van der Waals surface area contributed by atoms with Gasteiger partial charge in [0.15, 0.2) is 0 Å². The summed E-state index contributed by atoms with van der Waals surface area (Å²) in [5.74, 6) is -0.232. The molecule has 1 heterocycles. The van der Waals surface area contributed by atoms with E-state index in [0.29, 0.717) is 6.54 Å². The first-order valence-electron chi connectivity index (χ1n) is 6.43. The average Bonchev–Trinajstić information content (AvgIpc) is 2.76. The molecule has 4 nitrogen and oxygen atoms in total. The van der Waals surface area contributed by atoms with Crippen molar-refractivity contribution >= 4 is 0 Å². The molecule has 0 aliphatic carbocycles. The van der Waals surface area contributed by atoms with Gasteiger partial charge in [-0.1, -0.05) is 12.1 Å². The second kappa shape index (κ2) is 6.17. The van der Waals surface area contributed by atoms with Crippen molar-refractivity contribution in [2.24, 2.45) is 5.73 Å². The fraction of sp³-hybridized carbons (Fsp3) is 0.357. The predicted octanol–water partition coefficient (Wildman–Crippen LogP) is 2.72. The Balaban J connectivity index is 1.98. The van der Waals surface area contributed by atoms with Crippen molar-refractivity contribution in [3.05, 3.63) is 47.8 Å². The van der Waals surface area contributed by atoms with Crippen molar-refractivity contribution in [1.29, 1.82) is 0 Å². The summed E-state index contributed by atoms with van der Waals surface area (Å²) < 4.78 is 41.7. The Kier molecular flexibility index (Phi) is 4.52. The van der Waals surface area contributed by atoms with Gasteiger partial charge in [-0.15, -0.1) is 13.2 Å². The maximum Gasteiger partial charge on any atom is 0.573 e.